The molecule has 0 saturated heterocycles. The molecule has 0 atom stereocenters. The van der Waals surface area contributed by atoms with E-state index in [2.05, 4.69) is 178 Å². The Labute approximate surface area is 312 Å². The minimum atomic E-state index is 0.445. The van der Waals surface area contributed by atoms with Gasteiger partial charge in [0, 0.05) is 27.2 Å². The summed E-state index contributed by atoms with van der Waals surface area (Å²) in [6, 6.07) is 66.0. The summed E-state index contributed by atoms with van der Waals surface area (Å²) in [6.45, 7) is 7.57. The smallest absolute Gasteiger partial charge is 0.188 e. The van der Waals surface area contributed by atoms with Crippen LogP contribution < -0.4 is 0 Å². The van der Waals surface area contributed by atoms with Gasteiger partial charge in [0.05, 0.1) is 46.0 Å². The molecule has 4 nitrogen and oxygen atoms in total. The summed E-state index contributed by atoms with van der Waals surface area (Å²) in [6.07, 6.45) is 0. The Morgan fingerprint density at radius 1 is 0.444 bits per heavy atom. The average molecular weight is 687 g/mol. The number of benzene rings is 8. The third kappa shape index (κ3) is 4.90. The van der Waals surface area contributed by atoms with Gasteiger partial charge in [0.1, 0.15) is 0 Å². The molecule has 0 amide bonds. The van der Waals surface area contributed by atoms with Crippen LogP contribution in [0.25, 0.3) is 93.2 Å². The second-order valence-electron chi connectivity index (χ2n) is 13.6. The lowest BCUT2D eigenvalue weighted by atomic mass is 9.96. The third-order valence-corrected chi connectivity index (χ3v) is 10.6. The first-order chi connectivity index (χ1) is 26.7. The molecule has 0 N–H and O–H groups in total. The van der Waals surface area contributed by atoms with Crippen LogP contribution in [-0.4, -0.2) is 9.13 Å². The number of para-hydroxylation sites is 1. The van der Waals surface area contributed by atoms with Crippen molar-refractivity contribution in [2.75, 3.05) is 0 Å². The van der Waals surface area contributed by atoms with Gasteiger partial charge < -0.3 is 9.13 Å². The molecular weight excluding hydrogens is 657 g/mol. The Morgan fingerprint density at radius 3 is 1.74 bits per heavy atom. The normalized spacial score (nSPS) is 11.3. The lowest BCUT2D eigenvalue weighted by Crippen LogP contribution is -1.97. The molecule has 0 radical (unpaired) electrons. The van der Waals surface area contributed by atoms with E-state index in [9.17, 15) is 5.26 Å². The summed E-state index contributed by atoms with van der Waals surface area (Å²) < 4.78 is 4.55. The van der Waals surface area contributed by atoms with E-state index in [1.165, 1.54) is 21.9 Å². The molecule has 2 aromatic heterocycles. The maximum absolute atomic E-state index is 10.3. The number of nitriles is 1. The zero-order valence-corrected chi connectivity index (χ0v) is 29.1. The third-order valence-electron chi connectivity index (χ3n) is 10.6. The first-order valence-electron chi connectivity index (χ1n) is 17.9. The van der Waals surface area contributed by atoms with E-state index in [0.717, 1.165) is 66.5 Å². The van der Waals surface area contributed by atoms with Gasteiger partial charge in [-0.2, -0.15) is 5.26 Å². The van der Waals surface area contributed by atoms with E-state index >= 15 is 0 Å². The first-order valence-corrected chi connectivity index (χ1v) is 17.9. The van der Waals surface area contributed by atoms with Gasteiger partial charge in [0.2, 0.25) is 0 Å². The Balaban J connectivity index is 1.27. The summed E-state index contributed by atoms with van der Waals surface area (Å²) in [5, 5.41) is 14.9. The topological polar surface area (TPSA) is 38.0 Å². The highest BCUT2D eigenvalue weighted by Crippen LogP contribution is 2.43. The summed E-state index contributed by atoms with van der Waals surface area (Å²) in [5.74, 6) is 0. The molecule has 8 aromatic carbocycles. The van der Waals surface area contributed by atoms with Crippen LogP contribution in [-0.2, 0) is 0 Å². The van der Waals surface area contributed by atoms with Crippen molar-refractivity contribution >= 4 is 49.3 Å². The molecule has 250 valence electrons. The standard InChI is InChI=1S/C50H30N4/c1-52-39-23-27-45(38(28-39)32-51)54-47-26-22-36(34-14-7-3-8-15-34)30-44(47)50-41(18-11-19-48(50)54)37-20-24-42-43-29-35(33-12-5-2-6-13-33)21-25-46(43)53(49(42)31-37)40-16-9-4-10-17-40/h2-31H. The molecular formula is C50H30N4. The summed E-state index contributed by atoms with van der Waals surface area (Å²) in [7, 11) is 0. The number of hydrogen-bond acceptors (Lipinski definition) is 1. The summed E-state index contributed by atoms with van der Waals surface area (Å²) in [5.41, 5.74) is 13.9. The highest BCUT2D eigenvalue weighted by Gasteiger charge is 2.21. The van der Waals surface area contributed by atoms with Gasteiger partial charge in [-0.1, -0.05) is 121 Å². The van der Waals surface area contributed by atoms with E-state index < -0.39 is 0 Å². The Kier molecular flexibility index (Phi) is 7.22. The lowest BCUT2D eigenvalue weighted by molar-refractivity contribution is 1.17. The van der Waals surface area contributed by atoms with Crippen LogP contribution in [0.3, 0.4) is 0 Å². The van der Waals surface area contributed by atoms with Gasteiger partial charge in [-0.25, -0.2) is 4.85 Å². The molecule has 0 aliphatic heterocycles. The maximum atomic E-state index is 10.3. The molecule has 0 aliphatic carbocycles. The van der Waals surface area contributed by atoms with E-state index in [1.54, 1.807) is 12.1 Å². The summed E-state index contributed by atoms with van der Waals surface area (Å²) >= 11 is 0. The van der Waals surface area contributed by atoms with Crippen LogP contribution in [0, 0.1) is 17.9 Å². The minimum absolute atomic E-state index is 0.445. The van der Waals surface area contributed by atoms with E-state index in [4.69, 9.17) is 6.57 Å². The SMILES string of the molecule is [C-]#[N+]c1ccc(-n2c3ccc(-c4ccccc4)cc3c3c(-c4ccc5c6cc(-c7ccccc7)ccc6n(-c6ccccc6)c5c4)cccc32)c(C#N)c1. The number of hydrogen-bond donors (Lipinski definition) is 0. The highest BCUT2D eigenvalue weighted by atomic mass is 15.0. The quantitative estimate of drug-likeness (QED) is 0.166. The van der Waals surface area contributed by atoms with Crippen molar-refractivity contribution in [3.8, 4) is 50.8 Å². The Bertz CT molecular complexity index is 3160. The van der Waals surface area contributed by atoms with Crippen molar-refractivity contribution in [2.45, 2.75) is 0 Å². The van der Waals surface area contributed by atoms with E-state index in [-0.39, 0.29) is 0 Å². The van der Waals surface area contributed by atoms with Crippen LogP contribution in [0.15, 0.2) is 182 Å². The van der Waals surface area contributed by atoms with Crippen molar-refractivity contribution in [1.29, 1.82) is 5.26 Å². The van der Waals surface area contributed by atoms with Gasteiger partial charge in [0.25, 0.3) is 0 Å². The maximum Gasteiger partial charge on any atom is 0.188 e. The molecule has 54 heavy (non-hydrogen) atoms. The number of fused-ring (bicyclic) bond motifs is 6. The van der Waals surface area contributed by atoms with Gasteiger partial charge in [-0.3, -0.25) is 0 Å². The minimum Gasteiger partial charge on any atom is -0.309 e. The van der Waals surface area contributed by atoms with Crippen molar-refractivity contribution in [3.63, 3.8) is 0 Å². The molecule has 0 spiro atoms. The van der Waals surface area contributed by atoms with Crippen LogP contribution in [0.4, 0.5) is 5.69 Å². The fourth-order valence-corrected chi connectivity index (χ4v) is 8.11. The largest absolute Gasteiger partial charge is 0.309 e. The second-order valence-corrected chi connectivity index (χ2v) is 13.6. The van der Waals surface area contributed by atoms with E-state index in [0.29, 0.717) is 11.3 Å². The van der Waals surface area contributed by atoms with Crippen LogP contribution in [0.5, 0.6) is 0 Å². The van der Waals surface area contributed by atoms with Crippen LogP contribution >= 0.6 is 0 Å². The fraction of sp³-hybridized carbons (Fsp3) is 0. The molecule has 10 rings (SSSR count). The van der Waals surface area contributed by atoms with Gasteiger partial charge in [0.15, 0.2) is 5.69 Å². The van der Waals surface area contributed by atoms with Crippen molar-refractivity contribution < 1.29 is 0 Å². The van der Waals surface area contributed by atoms with Crippen LogP contribution in [0.1, 0.15) is 5.56 Å². The molecule has 0 aliphatic rings. The van der Waals surface area contributed by atoms with Crippen molar-refractivity contribution in [2.24, 2.45) is 0 Å². The zero-order chi connectivity index (χ0) is 36.2. The molecule has 0 unspecified atom stereocenters. The second kappa shape index (κ2) is 12.5. The Morgan fingerprint density at radius 2 is 1.07 bits per heavy atom. The van der Waals surface area contributed by atoms with Crippen molar-refractivity contribution in [1.82, 2.24) is 9.13 Å². The predicted octanol–water partition coefficient (Wildman–Crippen LogP) is 13.3. The molecule has 0 bridgehead atoms. The van der Waals surface area contributed by atoms with E-state index in [1.807, 2.05) is 12.1 Å². The monoisotopic (exact) mass is 686 g/mol. The van der Waals surface area contributed by atoms with Gasteiger partial charge in [-0.05, 0) is 94.0 Å². The molecule has 2 heterocycles. The Hall–Kier alpha value is -7.66. The number of rotatable bonds is 5. The lowest BCUT2D eigenvalue weighted by Gasteiger charge is -2.11. The molecule has 0 fully saturated rings. The molecule has 4 heteroatoms. The fourth-order valence-electron chi connectivity index (χ4n) is 8.11. The first kappa shape index (κ1) is 31.1. The summed E-state index contributed by atoms with van der Waals surface area (Å²) in [4.78, 5) is 3.60. The number of aromatic nitrogens is 2. The van der Waals surface area contributed by atoms with Crippen molar-refractivity contribution in [3.05, 3.63) is 199 Å². The number of nitrogens with zero attached hydrogens (tertiary/aromatic N) is 4. The predicted molar refractivity (Wildman–Crippen MR) is 222 cm³/mol. The molecule has 10 aromatic rings. The molecule has 0 saturated carbocycles. The average Bonchev–Trinajstić information content (AvgIpc) is 3.76. The van der Waals surface area contributed by atoms with Gasteiger partial charge in [-0.15, -0.1) is 0 Å². The van der Waals surface area contributed by atoms with Gasteiger partial charge >= 0.3 is 0 Å². The highest BCUT2D eigenvalue weighted by molar-refractivity contribution is 6.18. The zero-order valence-electron chi connectivity index (χ0n) is 29.1. The van der Waals surface area contributed by atoms with Crippen LogP contribution in [0.2, 0.25) is 0 Å².